The largest absolute Gasteiger partial charge is 4.00 e. The van der Waals surface area contributed by atoms with Crippen LogP contribution in [0.15, 0.2) is 108 Å². The number of thiophene rings is 2. The van der Waals surface area contributed by atoms with Crippen molar-refractivity contribution in [1.29, 1.82) is 0 Å². The molecule has 31 heavy (non-hydrogen) atoms. The van der Waals surface area contributed by atoms with E-state index in [1.165, 1.54) is 42.4 Å². The van der Waals surface area contributed by atoms with Crippen LogP contribution in [-0.4, -0.2) is 0 Å². The molecule has 0 N–H and O–H groups in total. The summed E-state index contributed by atoms with van der Waals surface area (Å²) in [5.74, 6) is 0. The van der Waals surface area contributed by atoms with Gasteiger partial charge in [0, 0.05) is 0 Å². The molecule has 0 bridgehead atoms. The first-order valence-corrected chi connectivity index (χ1v) is 11.0. The fourth-order valence-electron chi connectivity index (χ4n) is 3.47. The Hall–Kier alpha value is -1.49. The van der Waals surface area contributed by atoms with E-state index in [1.54, 1.807) is 22.7 Å². The Kier molecular flexibility index (Phi) is 9.92. The van der Waals surface area contributed by atoms with Gasteiger partial charge in [-0.25, -0.2) is 0 Å². The van der Waals surface area contributed by atoms with Crippen LogP contribution in [0.4, 0.5) is 0 Å². The number of benzene rings is 2. The standard InChI is InChI=1S/2C13H9S.2ClH.Hf/c2*1-2-5-11-9-12(8-10(11)4-1)13-6-3-7-14-13;;;/h2*1-9H;2*1H;/q2*-1;;;+4/p-2. The van der Waals surface area contributed by atoms with E-state index in [0.29, 0.717) is 0 Å². The molecule has 0 atom stereocenters. The summed E-state index contributed by atoms with van der Waals surface area (Å²) in [6.45, 7) is 0. The second-order valence-electron chi connectivity index (χ2n) is 6.70. The maximum absolute atomic E-state index is 2.25. The molecule has 0 radical (unpaired) electrons. The van der Waals surface area contributed by atoms with Crippen LogP contribution in [0, 0.1) is 0 Å². The predicted molar refractivity (Wildman–Crippen MR) is 126 cm³/mol. The summed E-state index contributed by atoms with van der Waals surface area (Å²) in [6, 6.07) is 34.5. The van der Waals surface area contributed by atoms with Crippen molar-refractivity contribution in [3.05, 3.63) is 108 Å². The van der Waals surface area contributed by atoms with Gasteiger partial charge in [0.25, 0.3) is 0 Å². The smallest absolute Gasteiger partial charge is 1.00 e. The molecular formula is C26H18Cl2HfS2. The van der Waals surface area contributed by atoms with Gasteiger partial charge in [-0.2, -0.15) is 22.7 Å². The van der Waals surface area contributed by atoms with Crippen LogP contribution >= 0.6 is 22.7 Å². The van der Waals surface area contributed by atoms with Crippen LogP contribution in [0.2, 0.25) is 0 Å². The van der Waals surface area contributed by atoms with Gasteiger partial charge in [0.1, 0.15) is 0 Å². The molecule has 6 aromatic rings. The van der Waals surface area contributed by atoms with E-state index in [1.807, 2.05) is 0 Å². The van der Waals surface area contributed by atoms with Crippen molar-refractivity contribution in [2.24, 2.45) is 0 Å². The average molecular weight is 644 g/mol. The summed E-state index contributed by atoms with van der Waals surface area (Å²) in [5, 5.41) is 9.55. The molecule has 2 aromatic heterocycles. The maximum atomic E-state index is 2.25. The van der Waals surface area contributed by atoms with Gasteiger partial charge < -0.3 is 24.8 Å². The molecule has 0 aliphatic heterocycles. The summed E-state index contributed by atoms with van der Waals surface area (Å²) in [7, 11) is 0. The van der Waals surface area contributed by atoms with Gasteiger partial charge >= 0.3 is 25.8 Å². The Morgan fingerprint density at radius 1 is 0.516 bits per heavy atom. The Bertz CT molecular complexity index is 1140. The zero-order chi connectivity index (χ0) is 18.8. The molecule has 152 valence electrons. The monoisotopic (exact) mass is 644 g/mol. The summed E-state index contributed by atoms with van der Waals surface area (Å²) in [5.41, 5.74) is 2.67. The maximum Gasteiger partial charge on any atom is 4.00 e. The van der Waals surface area contributed by atoms with Crippen LogP contribution in [-0.2, 0) is 25.8 Å². The molecular weight excluding hydrogens is 626 g/mol. The third-order valence-corrected chi connectivity index (χ3v) is 6.69. The molecule has 0 fully saturated rings. The minimum Gasteiger partial charge on any atom is -1.00 e. The van der Waals surface area contributed by atoms with Crippen LogP contribution in [0.1, 0.15) is 0 Å². The quantitative estimate of drug-likeness (QED) is 0.201. The van der Waals surface area contributed by atoms with Gasteiger partial charge in [-0.3, -0.25) is 0 Å². The van der Waals surface area contributed by atoms with E-state index >= 15 is 0 Å². The van der Waals surface area contributed by atoms with Crippen molar-refractivity contribution in [3.8, 4) is 20.9 Å². The number of halogens is 2. The topological polar surface area (TPSA) is 0 Å². The average Bonchev–Trinajstić information content (AvgIpc) is 3.54. The van der Waals surface area contributed by atoms with Crippen molar-refractivity contribution in [1.82, 2.24) is 0 Å². The second-order valence-corrected chi connectivity index (χ2v) is 8.60. The molecule has 4 aromatic carbocycles. The Balaban J connectivity index is 0.000000201. The first kappa shape index (κ1) is 25.8. The molecule has 6 rings (SSSR count). The summed E-state index contributed by atoms with van der Waals surface area (Å²) in [6.07, 6.45) is 0. The van der Waals surface area contributed by atoms with Crippen LogP contribution in [0.5, 0.6) is 0 Å². The first-order chi connectivity index (χ1) is 13.9. The van der Waals surface area contributed by atoms with E-state index < -0.39 is 0 Å². The van der Waals surface area contributed by atoms with Gasteiger partial charge in [-0.15, -0.1) is 69.1 Å². The van der Waals surface area contributed by atoms with Crippen molar-refractivity contribution < 1.29 is 50.7 Å². The Labute approximate surface area is 221 Å². The third kappa shape index (κ3) is 5.85. The predicted octanol–water partition coefficient (Wildman–Crippen LogP) is 2.58. The third-order valence-electron chi connectivity index (χ3n) is 4.85. The van der Waals surface area contributed by atoms with Crippen molar-refractivity contribution in [2.45, 2.75) is 0 Å². The summed E-state index contributed by atoms with van der Waals surface area (Å²) < 4.78 is 0. The molecule has 2 heterocycles. The first-order valence-electron chi connectivity index (χ1n) is 9.25. The number of hydrogen-bond donors (Lipinski definition) is 0. The molecule has 0 unspecified atom stereocenters. The van der Waals surface area contributed by atoms with E-state index in [-0.39, 0.29) is 50.7 Å². The SMILES string of the molecule is [Cl-].[Cl-].[Hf+4].c1csc(-c2cc3ccccc3[cH-]2)c1.c1csc(-c2cc3ccccc3[cH-]2)c1. The van der Waals surface area contributed by atoms with E-state index in [0.717, 1.165) is 0 Å². The van der Waals surface area contributed by atoms with Crippen LogP contribution in [0.25, 0.3) is 42.4 Å². The molecule has 0 aliphatic rings. The fourth-order valence-corrected chi connectivity index (χ4v) is 4.90. The zero-order valence-electron chi connectivity index (χ0n) is 16.5. The van der Waals surface area contributed by atoms with Gasteiger partial charge in [0.2, 0.25) is 0 Å². The van der Waals surface area contributed by atoms with Gasteiger partial charge in [-0.1, -0.05) is 60.7 Å². The Morgan fingerprint density at radius 2 is 0.935 bits per heavy atom. The molecule has 0 nitrogen and oxygen atoms in total. The van der Waals surface area contributed by atoms with Gasteiger partial charge in [-0.05, 0) is 20.5 Å². The van der Waals surface area contributed by atoms with E-state index in [9.17, 15) is 0 Å². The van der Waals surface area contributed by atoms with Crippen molar-refractivity contribution >= 4 is 44.2 Å². The van der Waals surface area contributed by atoms with Gasteiger partial charge in [0.05, 0.1) is 0 Å². The molecule has 0 aliphatic carbocycles. The Morgan fingerprint density at radius 3 is 1.29 bits per heavy atom. The molecule has 0 saturated carbocycles. The molecule has 0 amide bonds. The molecule has 0 saturated heterocycles. The fraction of sp³-hybridized carbons (Fsp3) is 0. The number of rotatable bonds is 2. The molecule has 5 heteroatoms. The molecule has 0 spiro atoms. The van der Waals surface area contributed by atoms with Crippen molar-refractivity contribution in [3.63, 3.8) is 0 Å². The second kappa shape index (κ2) is 11.9. The zero-order valence-corrected chi connectivity index (χ0v) is 23.2. The summed E-state index contributed by atoms with van der Waals surface area (Å²) in [4.78, 5) is 2.70. The summed E-state index contributed by atoms with van der Waals surface area (Å²) >= 11 is 3.58. The number of fused-ring (bicyclic) bond motifs is 2. The minimum absolute atomic E-state index is 0. The number of hydrogen-bond acceptors (Lipinski definition) is 2. The van der Waals surface area contributed by atoms with E-state index in [4.69, 9.17) is 0 Å². The van der Waals surface area contributed by atoms with Gasteiger partial charge in [0.15, 0.2) is 0 Å². The van der Waals surface area contributed by atoms with E-state index in [2.05, 4.69) is 108 Å². The van der Waals surface area contributed by atoms with Crippen LogP contribution in [0.3, 0.4) is 0 Å². The van der Waals surface area contributed by atoms with Crippen LogP contribution < -0.4 is 24.8 Å². The minimum atomic E-state index is 0. The normalized spacial score (nSPS) is 9.81. The van der Waals surface area contributed by atoms with Crippen molar-refractivity contribution in [2.75, 3.05) is 0 Å².